The van der Waals surface area contributed by atoms with E-state index in [1.54, 1.807) is 12.1 Å². The van der Waals surface area contributed by atoms with Gasteiger partial charge < -0.3 is 5.11 Å². The third kappa shape index (κ3) is 3.50. The van der Waals surface area contributed by atoms with Gasteiger partial charge in [0, 0.05) is 11.6 Å². The molecule has 0 bridgehead atoms. The first-order valence-corrected chi connectivity index (χ1v) is 6.42. The van der Waals surface area contributed by atoms with Crippen LogP contribution in [0.25, 0.3) is 0 Å². The van der Waals surface area contributed by atoms with Crippen LogP contribution >= 0.6 is 0 Å². The van der Waals surface area contributed by atoms with Crippen LogP contribution in [0.2, 0.25) is 0 Å². The molecule has 1 aliphatic rings. The normalized spacial score (nSPS) is 17.8. The molecule has 0 aliphatic carbocycles. The van der Waals surface area contributed by atoms with Crippen LogP contribution in [0.1, 0.15) is 42.9 Å². The SMILES string of the molecule is O=C(O)CC(c1ccc(C(F)F)cc1)N1CCCC1. The number of halogens is 2. The minimum Gasteiger partial charge on any atom is -0.481 e. The van der Waals surface area contributed by atoms with Crippen LogP contribution in [0.3, 0.4) is 0 Å². The van der Waals surface area contributed by atoms with Crippen molar-refractivity contribution in [2.24, 2.45) is 0 Å². The summed E-state index contributed by atoms with van der Waals surface area (Å²) in [7, 11) is 0. The number of hydrogen-bond acceptors (Lipinski definition) is 2. The number of alkyl halides is 2. The van der Waals surface area contributed by atoms with Crippen LogP contribution in [0.4, 0.5) is 8.78 Å². The van der Waals surface area contributed by atoms with Gasteiger partial charge >= 0.3 is 5.97 Å². The Bertz CT molecular complexity index is 428. The summed E-state index contributed by atoms with van der Waals surface area (Å²) in [6.45, 7) is 1.74. The number of benzene rings is 1. The maximum Gasteiger partial charge on any atom is 0.305 e. The lowest BCUT2D eigenvalue weighted by Gasteiger charge is -2.26. The van der Waals surface area contributed by atoms with Gasteiger partial charge in [0.25, 0.3) is 6.43 Å². The average molecular weight is 269 g/mol. The maximum atomic E-state index is 12.5. The summed E-state index contributed by atoms with van der Waals surface area (Å²) in [5.41, 5.74) is 0.771. The molecule has 1 aromatic carbocycles. The number of hydrogen-bond donors (Lipinski definition) is 1. The van der Waals surface area contributed by atoms with Gasteiger partial charge in [-0.05, 0) is 31.5 Å². The Labute approximate surface area is 110 Å². The number of aliphatic carboxylic acids is 1. The van der Waals surface area contributed by atoms with Crippen LogP contribution in [-0.2, 0) is 4.79 Å². The molecule has 1 aliphatic heterocycles. The van der Waals surface area contributed by atoms with Gasteiger partial charge in [0.05, 0.1) is 6.42 Å². The Morgan fingerprint density at radius 1 is 1.16 bits per heavy atom. The molecule has 0 spiro atoms. The fourth-order valence-electron chi connectivity index (χ4n) is 2.54. The first kappa shape index (κ1) is 13.9. The summed E-state index contributed by atoms with van der Waals surface area (Å²) >= 11 is 0. The summed E-state index contributed by atoms with van der Waals surface area (Å²) in [5.74, 6) is -0.866. The molecule has 1 aromatic rings. The van der Waals surface area contributed by atoms with Crippen molar-refractivity contribution in [1.29, 1.82) is 0 Å². The minimum absolute atomic E-state index is 0.00796. The molecule has 19 heavy (non-hydrogen) atoms. The number of rotatable bonds is 5. The van der Waals surface area contributed by atoms with E-state index in [1.807, 2.05) is 0 Å². The highest BCUT2D eigenvalue weighted by atomic mass is 19.3. The quantitative estimate of drug-likeness (QED) is 0.892. The Hall–Kier alpha value is -1.49. The van der Waals surface area contributed by atoms with Crippen molar-refractivity contribution in [3.05, 3.63) is 35.4 Å². The summed E-state index contributed by atoms with van der Waals surface area (Å²) in [6, 6.07) is 5.78. The molecule has 1 heterocycles. The summed E-state index contributed by atoms with van der Waals surface area (Å²) in [5, 5.41) is 9.00. The molecule has 0 saturated carbocycles. The largest absolute Gasteiger partial charge is 0.481 e. The van der Waals surface area contributed by atoms with E-state index in [-0.39, 0.29) is 18.0 Å². The molecule has 1 saturated heterocycles. The Kier molecular flexibility index (Phi) is 4.47. The fraction of sp³-hybridized carbons (Fsp3) is 0.500. The Morgan fingerprint density at radius 2 is 1.68 bits per heavy atom. The second-order valence-electron chi connectivity index (χ2n) is 4.82. The van der Waals surface area contributed by atoms with Crippen LogP contribution in [0.15, 0.2) is 24.3 Å². The molecule has 5 heteroatoms. The number of carbonyl (C=O) groups is 1. The van der Waals surface area contributed by atoms with E-state index in [0.29, 0.717) is 0 Å². The third-order valence-electron chi connectivity index (χ3n) is 3.52. The number of nitrogens with zero attached hydrogens (tertiary/aromatic N) is 1. The van der Waals surface area contributed by atoms with E-state index in [9.17, 15) is 13.6 Å². The topological polar surface area (TPSA) is 40.5 Å². The number of carboxylic acid groups (broad SMARTS) is 1. The van der Waals surface area contributed by atoms with Crippen molar-refractivity contribution < 1.29 is 18.7 Å². The van der Waals surface area contributed by atoms with Crippen LogP contribution in [0, 0.1) is 0 Å². The summed E-state index contributed by atoms with van der Waals surface area (Å²) in [4.78, 5) is 13.1. The van der Waals surface area contributed by atoms with E-state index < -0.39 is 12.4 Å². The molecule has 3 nitrogen and oxygen atoms in total. The first-order chi connectivity index (χ1) is 9.08. The highest BCUT2D eigenvalue weighted by molar-refractivity contribution is 5.68. The molecule has 1 fully saturated rings. The van der Waals surface area contributed by atoms with E-state index in [1.165, 1.54) is 12.1 Å². The standard InChI is InChI=1S/C14H17F2NO2/c15-14(16)11-5-3-10(4-6-11)12(9-13(18)19)17-7-1-2-8-17/h3-6,12,14H,1-2,7-9H2,(H,18,19). The zero-order valence-corrected chi connectivity index (χ0v) is 10.6. The molecule has 1 unspecified atom stereocenters. The lowest BCUT2D eigenvalue weighted by atomic mass is 10.0. The summed E-state index contributed by atoms with van der Waals surface area (Å²) < 4.78 is 25.0. The van der Waals surface area contributed by atoms with E-state index in [4.69, 9.17) is 5.11 Å². The third-order valence-corrected chi connectivity index (χ3v) is 3.52. The Balaban J connectivity index is 2.19. The van der Waals surface area contributed by atoms with Gasteiger partial charge in [0.15, 0.2) is 0 Å². The summed E-state index contributed by atoms with van der Waals surface area (Å²) in [6.07, 6.45) is -0.358. The number of likely N-dealkylation sites (tertiary alicyclic amines) is 1. The highest BCUT2D eigenvalue weighted by Crippen LogP contribution is 2.29. The maximum absolute atomic E-state index is 12.5. The van der Waals surface area contributed by atoms with Gasteiger partial charge in [-0.1, -0.05) is 24.3 Å². The molecule has 104 valence electrons. The predicted octanol–water partition coefficient (Wildman–Crippen LogP) is 3.24. The Morgan fingerprint density at radius 3 is 2.16 bits per heavy atom. The zero-order valence-electron chi connectivity index (χ0n) is 10.6. The van der Waals surface area contributed by atoms with E-state index >= 15 is 0 Å². The molecular weight excluding hydrogens is 252 g/mol. The molecule has 2 rings (SSSR count). The van der Waals surface area contributed by atoms with Gasteiger partial charge in [-0.25, -0.2) is 8.78 Å². The van der Waals surface area contributed by atoms with E-state index in [0.717, 1.165) is 31.5 Å². The highest BCUT2D eigenvalue weighted by Gasteiger charge is 2.25. The fourth-order valence-corrected chi connectivity index (χ4v) is 2.54. The van der Waals surface area contributed by atoms with Gasteiger partial charge in [0.1, 0.15) is 0 Å². The predicted molar refractivity (Wildman–Crippen MR) is 67.2 cm³/mol. The zero-order chi connectivity index (χ0) is 13.8. The van der Waals surface area contributed by atoms with Crippen LogP contribution in [-0.4, -0.2) is 29.1 Å². The monoisotopic (exact) mass is 269 g/mol. The first-order valence-electron chi connectivity index (χ1n) is 6.42. The number of carboxylic acids is 1. The van der Waals surface area contributed by atoms with E-state index in [2.05, 4.69) is 4.90 Å². The van der Waals surface area contributed by atoms with Crippen molar-refractivity contribution in [2.75, 3.05) is 13.1 Å². The van der Waals surface area contributed by atoms with Gasteiger partial charge in [-0.3, -0.25) is 9.69 Å². The second kappa shape index (κ2) is 6.10. The van der Waals surface area contributed by atoms with Gasteiger partial charge in [-0.2, -0.15) is 0 Å². The molecule has 1 atom stereocenters. The molecule has 1 N–H and O–H groups in total. The van der Waals surface area contributed by atoms with Crippen molar-refractivity contribution in [3.8, 4) is 0 Å². The lowest BCUT2D eigenvalue weighted by molar-refractivity contribution is -0.138. The van der Waals surface area contributed by atoms with Crippen molar-refractivity contribution in [2.45, 2.75) is 31.7 Å². The molecule has 0 radical (unpaired) electrons. The van der Waals surface area contributed by atoms with Crippen LogP contribution < -0.4 is 0 Å². The van der Waals surface area contributed by atoms with Crippen molar-refractivity contribution in [3.63, 3.8) is 0 Å². The van der Waals surface area contributed by atoms with Crippen LogP contribution in [0.5, 0.6) is 0 Å². The minimum atomic E-state index is -2.49. The van der Waals surface area contributed by atoms with Crippen molar-refractivity contribution in [1.82, 2.24) is 4.90 Å². The molecule has 0 aromatic heterocycles. The van der Waals surface area contributed by atoms with Crippen molar-refractivity contribution >= 4 is 5.97 Å². The average Bonchev–Trinajstić information content (AvgIpc) is 2.89. The second-order valence-corrected chi connectivity index (χ2v) is 4.82. The lowest BCUT2D eigenvalue weighted by Crippen LogP contribution is -2.27. The smallest absolute Gasteiger partial charge is 0.305 e. The molecular formula is C14H17F2NO2. The van der Waals surface area contributed by atoms with Gasteiger partial charge in [0.2, 0.25) is 0 Å². The van der Waals surface area contributed by atoms with Gasteiger partial charge in [-0.15, -0.1) is 0 Å². The molecule has 0 amide bonds.